The second-order valence-electron chi connectivity index (χ2n) is 8.13. The summed E-state index contributed by atoms with van der Waals surface area (Å²) < 4.78 is 8.01. The van der Waals surface area contributed by atoms with Gasteiger partial charge in [-0.1, -0.05) is 54.1 Å². The number of anilines is 1. The van der Waals surface area contributed by atoms with Crippen LogP contribution in [-0.4, -0.2) is 33.2 Å². The molecule has 1 saturated heterocycles. The first-order chi connectivity index (χ1) is 16.6. The number of amides is 1. The van der Waals surface area contributed by atoms with Crippen molar-refractivity contribution in [3.05, 3.63) is 81.4 Å². The molecule has 9 heteroatoms. The molecule has 7 nitrogen and oxygen atoms in total. The van der Waals surface area contributed by atoms with Crippen molar-refractivity contribution in [3.63, 3.8) is 0 Å². The molecule has 4 aromatic rings. The molecule has 3 heterocycles. The van der Waals surface area contributed by atoms with Gasteiger partial charge in [0.1, 0.15) is 11.9 Å². The van der Waals surface area contributed by atoms with Crippen molar-refractivity contribution in [3.8, 4) is 11.3 Å². The van der Waals surface area contributed by atoms with Gasteiger partial charge in [-0.15, -0.1) is 0 Å². The fourth-order valence-corrected chi connectivity index (χ4v) is 4.58. The Kier molecular flexibility index (Phi) is 6.80. The third kappa shape index (κ3) is 4.94. The number of carbonyl (C=O) groups excluding carboxylic acids is 1. The predicted octanol–water partition coefficient (Wildman–Crippen LogP) is 5.22. The van der Waals surface area contributed by atoms with E-state index in [9.17, 15) is 4.79 Å². The van der Waals surface area contributed by atoms with E-state index in [1.54, 1.807) is 10.7 Å². The highest BCUT2D eigenvalue weighted by Crippen LogP contribution is 2.30. The molecule has 2 N–H and O–H groups in total. The molecule has 1 atom stereocenters. The van der Waals surface area contributed by atoms with Crippen LogP contribution in [0.15, 0.2) is 65.3 Å². The predicted molar refractivity (Wildman–Crippen MR) is 136 cm³/mol. The molecule has 0 spiro atoms. The Labute approximate surface area is 210 Å². The normalized spacial score (nSPS) is 15.5. The highest BCUT2D eigenvalue weighted by molar-refractivity contribution is 9.10. The number of benzene rings is 2. The molecule has 1 unspecified atom stereocenters. The number of hydrogen-bond acceptors (Lipinski definition) is 5. The highest BCUT2D eigenvalue weighted by atomic mass is 79.9. The van der Waals surface area contributed by atoms with E-state index in [2.05, 4.69) is 37.7 Å². The van der Waals surface area contributed by atoms with Crippen molar-refractivity contribution in [2.24, 2.45) is 0 Å². The highest BCUT2D eigenvalue weighted by Gasteiger charge is 2.23. The lowest BCUT2D eigenvalue weighted by Gasteiger charge is -2.13. The van der Waals surface area contributed by atoms with Gasteiger partial charge in [-0.2, -0.15) is 9.61 Å². The molecule has 5 rings (SSSR count). The minimum Gasteiger partial charge on any atom is -0.368 e. The Morgan fingerprint density at radius 1 is 1.15 bits per heavy atom. The van der Waals surface area contributed by atoms with Crippen molar-refractivity contribution >= 4 is 44.9 Å². The number of nitrogens with one attached hydrogen (secondary N) is 2. The molecule has 0 radical (unpaired) electrons. The number of carbonyl (C=O) groups is 1. The lowest BCUT2D eigenvalue weighted by Crippen LogP contribution is -2.33. The van der Waals surface area contributed by atoms with Gasteiger partial charge in [0.2, 0.25) is 5.91 Å². The molecule has 2 aromatic heterocycles. The third-order valence-corrected chi connectivity index (χ3v) is 6.62. The van der Waals surface area contributed by atoms with E-state index >= 15 is 0 Å². The maximum atomic E-state index is 12.2. The second kappa shape index (κ2) is 10.1. The number of nitrogens with zero attached hydrogens (tertiary/aromatic N) is 3. The number of rotatable bonds is 7. The third-order valence-electron chi connectivity index (χ3n) is 5.73. The summed E-state index contributed by atoms with van der Waals surface area (Å²) in [7, 11) is 0. The molecule has 0 bridgehead atoms. The first-order valence-corrected chi connectivity index (χ1v) is 12.3. The number of halogens is 2. The minimum atomic E-state index is -0.320. The summed E-state index contributed by atoms with van der Waals surface area (Å²) in [5, 5.41) is 11.5. The Balaban J connectivity index is 1.33. The Bertz CT molecular complexity index is 1340. The van der Waals surface area contributed by atoms with Crippen LogP contribution >= 0.6 is 27.5 Å². The van der Waals surface area contributed by atoms with Gasteiger partial charge in [0.05, 0.1) is 16.4 Å². The summed E-state index contributed by atoms with van der Waals surface area (Å²) in [5.74, 6) is 0.749. The lowest BCUT2D eigenvalue weighted by atomic mass is 10.1. The fourth-order valence-electron chi connectivity index (χ4n) is 4.00. The van der Waals surface area contributed by atoms with Gasteiger partial charge in [-0.25, -0.2) is 4.98 Å². The van der Waals surface area contributed by atoms with Gasteiger partial charge in [-0.05, 0) is 46.0 Å². The summed E-state index contributed by atoms with van der Waals surface area (Å²) >= 11 is 9.96. The summed E-state index contributed by atoms with van der Waals surface area (Å²) in [6, 6.07) is 17.7. The van der Waals surface area contributed by atoms with Crippen molar-refractivity contribution in [1.29, 1.82) is 0 Å². The lowest BCUT2D eigenvalue weighted by molar-refractivity contribution is -0.130. The monoisotopic (exact) mass is 539 g/mol. The van der Waals surface area contributed by atoms with Crippen LogP contribution in [-0.2, 0) is 22.6 Å². The molecule has 174 valence electrons. The average molecular weight is 541 g/mol. The quantitative estimate of drug-likeness (QED) is 0.336. The molecule has 1 aliphatic heterocycles. The molecule has 1 amide bonds. The molecular formula is C25H23BrClN5O2. The summed E-state index contributed by atoms with van der Waals surface area (Å²) in [6.45, 7) is 1.70. The van der Waals surface area contributed by atoms with E-state index < -0.39 is 0 Å². The number of hydrogen-bond donors (Lipinski definition) is 2. The molecule has 2 aromatic carbocycles. The van der Waals surface area contributed by atoms with Gasteiger partial charge in [0.15, 0.2) is 5.65 Å². The Hall–Kier alpha value is -2.94. The van der Waals surface area contributed by atoms with Crippen LogP contribution in [0.3, 0.4) is 0 Å². The topological polar surface area (TPSA) is 80.5 Å². The van der Waals surface area contributed by atoms with Crippen LogP contribution < -0.4 is 10.6 Å². The molecule has 0 aliphatic carbocycles. The van der Waals surface area contributed by atoms with Gasteiger partial charge >= 0.3 is 0 Å². The maximum Gasteiger partial charge on any atom is 0.249 e. The minimum absolute atomic E-state index is 0.0448. The second-order valence-corrected chi connectivity index (χ2v) is 9.39. The van der Waals surface area contributed by atoms with Crippen LogP contribution in [0.25, 0.3) is 16.9 Å². The molecule has 34 heavy (non-hydrogen) atoms. The van der Waals surface area contributed by atoms with Gasteiger partial charge in [0, 0.05) is 36.3 Å². The summed E-state index contributed by atoms with van der Waals surface area (Å²) in [4.78, 5) is 17.0. The number of aromatic nitrogens is 3. The van der Waals surface area contributed by atoms with E-state index in [1.165, 1.54) is 0 Å². The SMILES string of the molecule is O=C(NCc1cccc(CNc2cc(-c3ccccc3Cl)nc3c(Br)cnn23)c1)C1CCCO1. The van der Waals surface area contributed by atoms with Crippen molar-refractivity contribution in [2.75, 3.05) is 11.9 Å². The summed E-state index contributed by atoms with van der Waals surface area (Å²) in [5.41, 5.74) is 4.42. The zero-order valence-corrected chi connectivity index (χ0v) is 20.6. The smallest absolute Gasteiger partial charge is 0.249 e. The van der Waals surface area contributed by atoms with Gasteiger partial charge in [0.25, 0.3) is 0 Å². The van der Waals surface area contributed by atoms with Crippen LogP contribution in [0.5, 0.6) is 0 Å². The van der Waals surface area contributed by atoms with Gasteiger partial charge in [-0.3, -0.25) is 4.79 Å². The van der Waals surface area contributed by atoms with Crippen molar-refractivity contribution < 1.29 is 9.53 Å². The van der Waals surface area contributed by atoms with Gasteiger partial charge < -0.3 is 15.4 Å². The first kappa shape index (κ1) is 22.8. The average Bonchev–Trinajstić information content (AvgIpc) is 3.52. The van der Waals surface area contributed by atoms with E-state index in [-0.39, 0.29) is 12.0 Å². The van der Waals surface area contributed by atoms with E-state index in [1.807, 2.05) is 48.5 Å². The van der Waals surface area contributed by atoms with Crippen LogP contribution in [0.2, 0.25) is 5.02 Å². The summed E-state index contributed by atoms with van der Waals surface area (Å²) in [6.07, 6.45) is 3.13. The van der Waals surface area contributed by atoms with Crippen LogP contribution in [0.4, 0.5) is 5.82 Å². The van der Waals surface area contributed by atoms with Crippen molar-refractivity contribution in [1.82, 2.24) is 19.9 Å². The van der Waals surface area contributed by atoms with E-state index in [0.717, 1.165) is 45.5 Å². The number of ether oxygens (including phenoxy) is 1. The molecule has 1 aliphatic rings. The number of fused-ring (bicyclic) bond motifs is 1. The maximum absolute atomic E-state index is 12.2. The molecular weight excluding hydrogens is 518 g/mol. The Morgan fingerprint density at radius 2 is 1.97 bits per heavy atom. The zero-order valence-electron chi connectivity index (χ0n) is 18.3. The molecule has 1 fully saturated rings. The van der Waals surface area contributed by atoms with Crippen molar-refractivity contribution in [2.45, 2.75) is 32.0 Å². The first-order valence-electron chi connectivity index (χ1n) is 11.1. The standard InChI is InChI=1S/C25H23BrClN5O2/c26-19-15-30-32-23(12-21(31-24(19)32)18-7-1-2-8-20(18)27)28-13-16-5-3-6-17(11-16)14-29-25(33)22-9-4-10-34-22/h1-3,5-8,11-12,15,22,28H,4,9-10,13-14H2,(H,29,33). The zero-order chi connectivity index (χ0) is 23.5. The van der Waals surface area contributed by atoms with E-state index in [0.29, 0.717) is 30.4 Å². The van der Waals surface area contributed by atoms with E-state index in [4.69, 9.17) is 21.3 Å². The van der Waals surface area contributed by atoms with Crippen LogP contribution in [0, 0.1) is 0 Å². The Morgan fingerprint density at radius 3 is 2.76 bits per heavy atom. The molecule has 0 saturated carbocycles. The fraction of sp³-hybridized carbons (Fsp3) is 0.240. The largest absolute Gasteiger partial charge is 0.368 e. The van der Waals surface area contributed by atoms with Crippen LogP contribution in [0.1, 0.15) is 24.0 Å².